The highest BCUT2D eigenvalue weighted by atomic mass is 14.5. The molecule has 3 saturated carbocycles. The number of hydrogen-bond donors (Lipinski definition) is 0. The Balaban J connectivity index is 1.40. The van der Waals surface area contributed by atoms with E-state index in [0.717, 1.165) is 76.9 Å². The van der Waals surface area contributed by atoms with E-state index in [0.29, 0.717) is 0 Å². The molecule has 0 radical (unpaired) electrons. The van der Waals surface area contributed by atoms with Gasteiger partial charge in [-0.25, -0.2) is 0 Å². The number of fused-ring (bicyclic) bond motifs is 1. The van der Waals surface area contributed by atoms with Gasteiger partial charge in [0.2, 0.25) is 0 Å². The summed E-state index contributed by atoms with van der Waals surface area (Å²) in [6, 6.07) is 0. The summed E-state index contributed by atoms with van der Waals surface area (Å²) in [5.41, 5.74) is 0. The van der Waals surface area contributed by atoms with Crippen LogP contribution in [0.2, 0.25) is 0 Å². The lowest BCUT2D eigenvalue weighted by Crippen LogP contribution is -2.45. The standard InChI is InChI=1S/C32H60/c1-10-27(17-23(6)31-25(8)24(7)26(31)9)14-12-11-13-21(4)29-18-28-16-15-22(5)32(28)30(19-29)20(2)3/h20-32H,10-19H2,1-9H3. The van der Waals surface area contributed by atoms with Crippen LogP contribution in [-0.2, 0) is 0 Å². The second kappa shape index (κ2) is 11.6. The van der Waals surface area contributed by atoms with E-state index in [1.165, 1.54) is 57.8 Å². The molecule has 3 aliphatic carbocycles. The minimum atomic E-state index is 0.884. The molecule has 3 rings (SSSR count). The van der Waals surface area contributed by atoms with Gasteiger partial charge in [0.15, 0.2) is 0 Å². The molecule has 0 heterocycles. The van der Waals surface area contributed by atoms with Crippen LogP contribution in [0.15, 0.2) is 0 Å². The maximum Gasteiger partial charge on any atom is -0.0329 e. The summed E-state index contributed by atoms with van der Waals surface area (Å²) in [6.07, 6.45) is 14.9. The Morgan fingerprint density at radius 2 is 1.41 bits per heavy atom. The number of rotatable bonds is 11. The number of unbranched alkanes of at least 4 members (excludes halogenated alkanes) is 1. The Morgan fingerprint density at radius 3 is 2.03 bits per heavy atom. The first-order valence-electron chi connectivity index (χ1n) is 15.1. The van der Waals surface area contributed by atoms with Gasteiger partial charge >= 0.3 is 0 Å². The second-order valence-corrected chi connectivity index (χ2v) is 13.9. The van der Waals surface area contributed by atoms with Crippen molar-refractivity contribution in [2.75, 3.05) is 0 Å². The van der Waals surface area contributed by atoms with Gasteiger partial charge in [-0.3, -0.25) is 0 Å². The van der Waals surface area contributed by atoms with Crippen LogP contribution in [-0.4, -0.2) is 0 Å². The maximum absolute atomic E-state index is 2.61. The summed E-state index contributed by atoms with van der Waals surface area (Å²) in [6.45, 7) is 22.7. The van der Waals surface area contributed by atoms with Gasteiger partial charge in [-0.15, -0.1) is 0 Å². The molecule has 0 aromatic carbocycles. The molecule has 3 aliphatic rings. The van der Waals surface area contributed by atoms with Crippen molar-refractivity contribution in [3.63, 3.8) is 0 Å². The van der Waals surface area contributed by atoms with Crippen molar-refractivity contribution in [1.29, 1.82) is 0 Å². The topological polar surface area (TPSA) is 0 Å². The summed E-state index contributed by atoms with van der Waals surface area (Å²) in [5, 5.41) is 0. The van der Waals surface area contributed by atoms with Crippen LogP contribution >= 0.6 is 0 Å². The smallest absolute Gasteiger partial charge is 0.0329 e. The van der Waals surface area contributed by atoms with Crippen molar-refractivity contribution in [1.82, 2.24) is 0 Å². The summed E-state index contributed by atoms with van der Waals surface area (Å²) >= 11 is 0. The van der Waals surface area contributed by atoms with E-state index in [1.807, 2.05) is 0 Å². The molecule has 0 heteroatoms. The molecule has 188 valence electrons. The highest BCUT2D eigenvalue weighted by Crippen LogP contribution is 2.54. The normalized spacial score (nSPS) is 42.4. The van der Waals surface area contributed by atoms with Crippen molar-refractivity contribution in [2.45, 2.75) is 127 Å². The average molecular weight is 445 g/mol. The molecule has 0 aromatic heterocycles. The van der Waals surface area contributed by atoms with Gasteiger partial charge in [-0.05, 0) is 103 Å². The van der Waals surface area contributed by atoms with Gasteiger partial charge in [0, 0.05) is 0 Å². The SMILES string of the molecule is CCC(CCCCC(C)C1CC2CCC(C)C2C(C(C)C)C1)CC(C)C1C(C)C(C)C1C. The maximum atomic E-state index is 2.61. The monoisotopic (exact) mass is 444 g/mol. The minimum Gasteiger partial charge on any atom is -0.0651 e. The molecule has 32 heavy (non-hydrogen) atoms. The van der Waals surface area contributed by atoms with E-state index in [-0.39, 0.29) is 0 Å². The van der Waals surface area contributed by atoms with E-state index in [9.17, 15) is 0 Å². The summed E-state index contributed by atoms with van der Waals surface area (Å²) in [5.74, 6) is 12.7. The summed E-state index contributed by atoms with van der Waals surface area (Å²) in [4.78, 5) is 0. The predicted octanol–water partition coefficient (Wildman–Crippen LogP) is 10.1. The molecular formula is C32H60. The minimum absolute atomic E-state index is 0.884. The molecule has 0 nitrogen and oxygen atoms in total. The summed E-state index contributed by atoms with van der Waals surface area (Å²) < 4.78 is 0. The van der Waals surface area contributed by atoms with Crippen LogP contribution in [0, 0.1) is 76.9 Å². The highest BCUT2D eigenvalue weighted by Gasteiger charge is 2.46. The Hall–Kier alpha value is 0. The van der Waals surface area contributed by atoms with Gasteiger partial charge in [-0.1, -0.05) is 101 Å². The van der Waals surface area contributed by atoms with E-state index in [2.05, 4.69) is 62.3 Å². The van der Waals surface area contributed by atoms with Crippen LogP contribution in [0.3, 0.4) is 0 Å². The molecule has 0 aliphatic heterocycles. The van der Waals surface area contributed by atoms with E-state index >= 15 is 0 Å². The van der Waals surface area contributed by atoms with Crippen molar-refractivity contribution >= 4 is 0 Å². The third-order valence-corrected chi connectivity index (χ3v) is 11.9. The fourth-order valence-corrected chi connectivity index (χ4v) is 9.40. The third kappa shape index (κ3) is 5.79. The Morgan fingerprint density at radius 1 is 0.750 bits per heavy atom. The number of hydrogen-bond acceptors (Lipinski definition) is 0. The molecule has 0 amide bonds. The summed E-state index contributed by atoms with van der Waals surface area (Å²) in [7, 11) is 0. The average Bonchev–Trinajstić information content (AvgIpc) is 3.15. The zero-order chi connectivity index (χ0) is 23.6. The van der Waals surface area contributed by atoms with E-state index in [1.54, 1.807) is 6.42 Å². The first kappa shape index (κ1) is 26.6. The van der Waals surface area contributed by atoms with Crippen molar-refractivity contribution < 1.29 is 0 Å². The zero-order valence-electron chi connectivity index (χ0n) is 23.6. The first-order valence-corrected chi connectivity index (χ1v) is 15.1. The zero-order valence-corrected chi connectivity index (χ0v) is 23.6. The lowest BCUT2D eigenvalue weighted by Gasteiger charge is -2.51. The van der Waals surface area contributed by atoms with E-state index in [4.69, 9.17) is 0 Å². The Bertz CT molecular complexity index is 538. The van der Waals surface area contributed by atoms with Crippen LogP contribution in [0.25, 0.3) is 0 Å². The van der Waals surface area contributed by atoms with Crippen LogP contribution in [0.4, 0.5) is 0 Å². The molecule has 0 N–H and O–H groups in total. The van der Waals surface area contributed by atoms with Gasteiger partial charge in [0.05, 0.1) is 0 Å². The molecule has 3 fully saturated rings. The largest absolute Gasteiger partial charge is 0.0651 e. The fraction of sp³-hybridized carbons (Fsp3) is 1.00. The fourth-order valence-electron chi connectivity index (χ4n) is 9.40. The van der Waals surface area contributed by atoms with Gasteiger partial charge in [0.1, 0.15) is 0 Å². The van der Waals surface area contributed by atoms with Crippen LogP contribution < -0.4 is 0 Å². The molecule has 0 spiro atoms. The third-order valence-electron chi connectivity index (χ3n) is 11.9. The van der Waals surface area contributed by atoms with Gasteiger partial charge < -0.3 is 0 Å². The second-order valence-electron chi connectivity index (χ2n) is 13.9. The van der Waals surface area contributed by atoms with Crippen molar-refractivity contribution in [2.24, 2.45) is 76.9 Å². The molecule has 0 bridgehead atoms. The Labute approximate surface area is 203 Å². The van der Waals surface area contributed by atoms with Crippen LogP contribution in [0.1, 0.15) is 127 Å². The van der Waals surface area contributed by atoms with Crippen LogP contribution in [0.5, 0.6) is 0 Å². The van der Waals surface area contributed by atoms with Gasteiger partial charge in [0.25, 0.3) is 0 Å². The lowest BCUT2D eigenvalue weighted by molar-refractivity contribution is -0.0297. The first-order chi connectivity index (χ1) is 15.1. The van der Waals surface area contributed by atoms with Crippen molar-refractivity contribution in [3.8, 4) is 0 Å². The van der Waals surface area contributed by atoms with Crippen molar-refractivity contribution in [3.05, 3.63) is 0 Å². The molecule has 0 saturated heterocycles. The molecular weight excluding hydrogens is 384 g/mol. The lowest BCUT2D eigenvalue weighted by atomic mass is 9.54. The Kier molecular flexibility index (Phi) is 9.66. The highest BCUT2D eigenvalue weighted by molar-refractivity contribution is 4.95. The molecule has 0 aromatic rings. The van der Waals surface area contributed by atoms with E-state index < -0.39 is 0 Å². The molecule has 10 unspecified atom stereocenters. The van der Waals surface area contributed by atoms with Gasteiger partial charge in [-0.2, -0.15) is 0 Å². The molecule has 10 atom stereocenters. The predicted molar refractivity (Wildman–Crippen MR) is 143 cm³/mol. The quantitative estimate of drug-likeness (QED) is 0.278.